The highest BCUT2D eigenvalue weighted by molar-refractivity contribution is 5.81. The van der Waals surface area contributed by atoms with Gasteiger partial charge in [0, 0.05) is 19.2 Å². The second-order valence-electron chi connectivity index (χ2n) is 4.49. The van der Waals surface area contributed by atoms with Crippen molar-refractivity contribution in [2.45, 2.75) is 33.2 Å². The van der Waals surface area contributed by atoms with Crippen LogP contribution in [0.3, 0.4) is 0 Å². The molecule has 0 unspecified atom stereocenters. The lowest BCUT2D eigenvalue weighted by Crippen LogP contribution is -2.40. The van der Waals surface area contributed by atoms with Gasteiger partial charge in [-0.05, 0) is 27.7 Å². The van der Waals surface area contributed by atoms with E-state index in [1.165, 1.54) is 6.33 Å². The number of aliphatic carboxylic acids is 1. The summed E-state index contributed by atoms with van der Waals surface area (Å²) in [6.45, 7) is 8.95. The number of carboxylic acids is 1. The topological polar surface area (TPSA) is 78.4 Å². The number of nitrogens with zero attached hydrogens (tertiary/aromatic N) is 3. The fraction of sp³-hybridized carbons (Fsp3) is 0.583. The van der Waals surface area contributed by atoms with Crippen molar-refractivity contribution in [2.75, 3.05) is 23.3 Å². The van der Waals surface area contributed by atoms with Gasteiger partial charge in [-0.1, -0.05) is 0 Å². The van der Waals surface area contributed by atoms with E-state index in [1.54, 1.807) is 19.9 Å². The van der Waals surface area contributed by atoms with E-state index in [0.717, 1.165) is 18.9 Å². The fourth-order valence-corrected chi connectivity index (χ4v) is 1.51. The smallest absolute Gasteiger partial charge is 0.328 e. The lowest BCUT2D eigenvalue weighted by molar-refractivity contribution is -0.141. The number of aromatic nitrogens is 2. The van der Waals surface area contributed by atoms with E-state index in [-0.39, 0.29) is 0 Å². The maximum Gasteiger partial charge on any atom is 0.328 e. The Balaban J connectivity index is 2.92. The standard InChI is InChI=1S/C12H20N4O2/c1-5-16(6-2)10-7-9(13-8-14-10)15-12(3,4)11(17)18/h7-8H,5-6H2,1-4H3,(H,17,18)(H,13,14,15). The molecule has 0 saturated carbocycles. The third-order valence-electron chi connectivity index (χ3n) is 2.72. The third-order valence-corrected chi connectivity index (χ3v) is 2.72. The number of anilines is 2. The fourth-order valence-electron chi connectivity index (χ4n) is 1.51. The van der Waals surface area contributed by atoms with E-state index in [2.05, 4.69) is 20.2 Å². The van der Waals surface area contributed by atoms with Gasteiger partial charge in [-0.25, -0.2) is 14.8 Å². The minimum absolute atomic E-state index is 0.513. The van der Waals surface area contributed by atoms with Crippen molar-refractivity contribution in [1.82, 2.24) is 9.97 Å². The molecule has 1 heterocycles. The Morgan fingerprint density at radius 1 is 1.39 bits per heavy atom. The minimum atomic E-state index is -1.06. The van der Waals surface area contributed by atoms with Crippen molar-refractivity contribution in [3.63, 3.8) is 0 Å². The summed E-state index contributed by atoms with van der Waals surface area (Å²) in [5.41, 5.74) is -1.06. The first-order valence-corrected chi connectivity index (χ1v) is 5.99. The Labute approximate surface area is 107 Å². The lowest BCUT2D eigenvalue weighted by Gasteiger charge is -2.23. The first kappa shape index (κ1) is 14.2. The molecule has 0 fully saturated rings. The number of hydrogen-bond donors (Lipinski definition) is 2. The van der Waals surface area contributed by atoms with E-state index < -0.39 is 11.5 Å². The molecule has 0 aliphatic rings. The predicted octanol–water partition coefficient (Wildman–Crippen LogP) is 1.60. The number of hydrogen-bond acceptors (Lipinski definition) is 5. The van der Waals surface area contributed by atoms with Gasteiger partial charge < -0.3 is 15.3 Å². The minimum Gasteiger partial charge on any atom is -0.480 e. The zero-order chi connectivity index (χ0) is 13.8. The average Bonchev–Trinajstić information content (AvgIpc) is 2.30. The van der Waals surface area contributed by atoms with Crippen LogP contribution in [0.25, 0.3) is 0 Å². The van der Waals surface area contributed by atoms with E-state index in [0.29, 0.717) is 5.82 Å². The van der Waals surface area contributed by atoms with Crippen LogP contribution in [0.15, 0.2) is 12.4 Å². The molecule has 0 atom stereocenters. The van der Waals surface area contributed by atoms with Crippen LogP contribution >= 0.6 is 0 Å². The van der Waals surface area contributed by atoms with E-state index in [1.807, 2.05) is 13.8 Å². The highest BCUT2D eigenvalue weighted by atomic mass is 16.4. The molecular weight excluding hydrogens is 232 g/mol. The molecule has 100 valence electrons. The van der Waals surface area contributed by atoms with Gasteiger partial charge in [0.25, 0.3) is 0 Å². The molecule has 0 spiro atoms. The number of nitrogens with one attached hydrogen (secondary N) is 1. The zero-order valence-electron chi connectivity index (χ0n) is 11.3. The maximum absolute atomic E-state index is 11.0. The van der Waals surface area contributed by atoms with Crippen LogP contribution in [0.1, 0.15) is 27.7 Å². The second kappa shape index (κ2) is 5.66. The highest BCUT2D eigenvalue weighted by Gasteiger charge is 2.27. The Bertz CT molecular complexity index is 416. The van der Waals surface area contributed by atoms with Crippen LogP contribution < -0.4 is 10.2 Å². The van der Waals surface area contributed by atoms with Crippen LogP contribution in [-0.2, 0) is 4.79 Å². The summed E-state index contributed by atoms with van der Waals surface area (Å²) in [5.74, 6) is 0.378. The lowest BCUT2D eigenvalue weighted by atomic mass is 10.1. The molecule has 0 saturated heterocycles. The van der Waals surface area contributed by atoms with E-state index in [4.69, 9.17) is 5.11 Å². The summed E-state index contributed by atoms with van der Waals surface area (Å²) in [7, 11) is 0. The molecule has 0 aliphatic carbocycles. The van der Waals surface area contributed by atoms with Crippen molar-refractivity contribution in [3.8, 4) is 0 Å². The van der Waals surface area contributed by atoms with Crippen LogP contribution in [0, 0.1) is 0 Å². The van der Waals surface area contributed by atoms with Gasteiger partial charge >= 0.3 is 5.97 Å². The normalized spacial score (nSPS) is 11.1. The molecule has 0 radical (unpaired) electrons. The number of rotatable bonds is 6. The molecule has 6 heteroatoms. The van der Waals surface area contributed by atoms with Crippen LogP contribution in [0.2, 0.25) is 0 Å². The van der Waals surface area contributed by atoms with Gasteiger partial charge in [-0.2, -0.15) is 0 Å². The van der Waals surface area contributed by atoms with E-state index >= 15 is 0 Å². The Morgan fingerprint density at radius 2 is 2.00 bits per heavy atom. The molecule has 0 aromatic carbocycles. The van der Waals surface area contributed by atoms with Crippen LogP contribution in [0.5, 0.6) is 0 Å². The van der Waals surface area contributed by atoms with Crippen molar-refractivity contribution in [2.24, 2.45) is 0 Å². The Morgan fingerprint density at radius 3 is 2.50 bits per heavy atom. The quantitative estimate of drug-likeness (QED) is 0.800. The number of carboxylic acid groups (broad SMARTS) is 1. The summed E-state index contributed by atoms with van der Waals surface area (Å²) in [6, 6.07) is 1.76. The molecule has 0 amide bonds. The SMILES string of the molecule is CCN(CC)c1cc(NC(C)(C)C(=O)O)ncn1. The molecule has 18 heavy (non-hydrogen) atoms. The van der Waals surface area contributed by atoms with Crippen LogP contribution in [0.4, 0.5) is 11.6 Å². The van der Waals surface area contributed by atoms with Crippen LogP contribution in [-0.4, -0.2) is 39.7 Å². The third kappa shape index (κ3) is 3.32. The monoisotopic (exact) mass is 252 g/mol. The van der Waals surface area contributed by atoms with Gasteiger partial charge in [-0.15, -0.1) is 0 Å². The molecular formula is C12H20N4O2. The van der Waals surface area contributed by atoms with Gasteiger partial charge in [0.15, 0.2) is 0 Å². The van der Waals surface area contributed by atoms with Crippen molar-refractivity contribution < 1.29 is 9.90 Å². The predicted molar refractivity (Wildman–Crippen MR) is 70.9 cm³/mol. The summed E-state index contributed by atoms with van der Waals surface area (Å²) in [5, 5.41) is 11.9. The van der Waals surface area contributed by atoms with Crippen molar-refractivity contribution in [1.29, 1.82) is 0 Å². The Kier molecular flexibility index (Phi) is 4.47. The largest absolute Gasteiger partial charge is 0.480 e. The van der Waals surface area contributed by atoms with Gasteiger partial charge in [0.05, 0.1) is 0 Å². The van der Waals surface area contributed by atoms with Gasteiger partial charge in [-0.3, -0.25) is 0 Å². The zero-order valence-corrected chi connectivity index (χ0v) is 11.3. The van der Waals surface area contributed by atoms with Gasteiger partial charge in [0.2, 0.25) is 0 Å². The summed E-state index contributed by atoms with van der Waals surface area (Å²) in [6.07, 6.45) is 1.44. The summed E-state index contributed by atoms with van der Waals surface area (Å²) in [4.78, 5) is 21.3. The van der Waals surface area contributed by atoms with Gasteiger partial charge in [0.1, 0.15) is 23.5 Å². The molecule has 0 aliphatic heterocycles. The maximum atomic E-state index is 11.0. The van der Waals surface area contributed by atoms with Crippen molar-refractivity contribution in [3.05, 3.63) is 12.4 Å². The molecule has 1 aromatic heterocycles. The first-order valence-electron chi connectivity index (χ1n) is 5.99. The average molecular weight is 252 g/mol. The first-order chi connectivity index (χ1) is 8.40. The van der Waals surface area contributed by atoms with Crippen molar-refractivity contribution >= 4 is 17.6 Å². The molecule has 2 N–H and O–H groups in total. The highest BCUT2D eigenvalue weighted by Crippen LogP contribution is 2.17. The van der Waals surface area contributed by atoms with E-state index in [9.17, 15) is 4.79 Å². The Hall–Kier alpha value is -1.85. The molecule has 1 aromatic rings. The molecule has 1 rings (SSSR count). The summed E-state index contributed by atoms with van der Waals surface area (Å²) >= 11 is 0. The molecule has 6 nitrogen and oxygen atoms in total. The molecule has 0 bridgehead atoms. The number of carbonyl (C=O) groups is 1. The summed E-state index contributed by atoms with van der Waals surface area (Å²) < 4.78 is 0. The second-order valence-corrected chi connectivity index (χ2v) is 4.49.